The molecule has 1 aromatic heterocycles. The van der Waals surface area contributed by atoms with Crippen LogP contribution in [0.15, 0.2) is 6.33 Å². The maximum absolute atomic E-state index is 10.6. The summed E-state index contributed by atoms with van der Waals surface area (Å²) in [4.78, 5) is 20.6. The lowest BCUT2D eigenvalue weighted by Crippen LogP contribution is -2.32. The van der Waals surface area contributed by atoms with Crippen molar-refractivity contribution in [2.45, 2.75) is 44.2 Å². The Morgan fingerprint density at radius 2 is 1.93 bits per heavy atom. The largest absolute Gasteiger partial charge is 0.490 e. The van der Waals surface area contributed by atoms with Gasteiger partial charge in [0.2, 0.25) is 0 Å². The number of halogens is 3. The zero-order valence-corrected chi connectivity index (χ0v) is 15.0. The van der Waals surface area contributed by atoms with Gasteiger partial charge in [-0.15, -0.1) is 0 Å². The van der Waals surface area contributed by atoms with E-state index in [1.54, 1.807) is 6.33 Å². The minimum Gasteiger partial charge on any atom is -0.475 e. The van der Waals surface area contributed by atoms with E-state index in [-0.39, 0.29) is 0 Å². The second kappa shape index (κ2) is 8.52. The van der Waals surface area contributed by atoms with Gasteiger partial charge in [-0.05, 0) is 37.2 Å². The highest BCUT2D eigenvalue weighted by Crippen LogP contribution is 2.41. The molecule has 2 aliphatic heterocycles. The Bertz CT molecular complexity index is 659. The summed E-state index contributed by atoms with van der Waals surface area (Å²) in [5.41, 5.74) is 4.15. The number of ether oxygens (including phenoxy) is 1. The van der Waals surface area contributed by atoms with Gasteiger partial charge in [0.15, 0.2) is 0 Å². The van der Waals surface area contributed by atoms with Crippen LogP contribution in [0.5, 0.6) is 0 Å². The molecule has 1 saturated heterocycles. The first-order valence-corrected chi connectivity index (χ1v) is 9.27. The third kappa shape index (κ3) is 5.62. The third-order valence-electron chi connectivity index (χ3n) is 5.16. The lowest BCUT2D eigenvalue weighted by Gasteiger charge is -2.22. The molecule has 0 spiro atoms. The Morgan fingerprint density at radius 1 is 1.22 bits per heavy atom. The molecule has 1 aliphatic carbocycles. The van der Waals surface area contributed by atoms with Gasteiger partial charge in [-0.1, -0.05) is 0 Å². The SMILES string of the molecule is O=C(O)C(F)(F)F.c1nc2c(c(C3CC3)n1)CCN(CC1CCOC1)CC2. The highest BCUT2D eigenvalue weighted by Gasteiger charge is 2.38. The first-order chi connectivity index (χ1) is 12.8. The number of carbonyl (C=O) groups is 1. The number of fused-ring (bicyclic) bond motifs is 1. The van der Waals surface area contributed by atoms with E-state index >= 15 is 0 Å². The Labute approximate surface area is 155 Å². The Hall–Kier alpha value is -1.74. The zero-order chi connectivity index (χ0) is 19.4. The van der Waals surface area contributed by atoms with E-state index in [1.807, 2.05) is 0 Å². The summed E-state index contributed by atoms with van der Waals surface area (Å²) in [5.74, 6) is -1.28. The molecule has 3 heterocycles. The number of hydrogen-bond acceptors (Lipinski definition) is 5. The molecule has 2 fully saturated rings. The van der Waals surface area contributed by atoms with Gasteiger partial charge in [0.25, 0.3) is 0 Å². The number of hydrogen-bond donors (Lipinski definition) is 1. The minimum atomic E-state index is -5.08. The van der Waals surface area contributed by atoms with Crippen LogP contribution < -0.4 is 0 Å². The van der Waals surface area contributed by atoms with E-state index in [1.165, 1.54) is 42.8 Å². The molecule has 1 aromatic rings. The molecule has 27 heavy (non-hydrogen) atoms. The number of rotatable bonds is 3. The second-order valence-electron chi connectivity index (χ2n) is 7.29. The summed E-state index contributed by atoms with van der Waals surface area (Å²) in [6.07, 6.45) is 2.81. The molecule has 1 unspecified atom stereocenters. The highest BCUT2D eigenvalue weighted by atomic mass is 19.4. The molecule has 0 amide bonds. The Kier molecular flexibility index (Phi) is 6.31. The van der Waals surface area contributed by atoms with Crippen LogP contribution in [-0.4, -0.2) is 65.0 Å². The predicted molar refractivity (Wildman–Crippen MR) is 90.5 cm³/mol. The van der Waals surface area contributed by atoms with E-state index in [4.69, 9.17) is 14.6 Å². The Balaban J connectivity index is 0.000000260. The normalized spacial score (nSPS) is 23.1. The summed E-state index contributed by atoms with van der Waals surface area (Å²) < 4.78 is 37.2. The monoisotopic (exact) mass is 387 g/mol. The van der Waals surface area contributed by atoms with E-state index in [9.17, 15) is 13.2 Å². The molecular weight excluding hydrogens is 363 g/mol. The maximum Gasteiger partial charge on any atom is 0.490 e. The predicted octanol–water partition coefficient (Wildman–Crippen LogP) is 2.42. The molecule has 9 heteroatoms. The van der Waals surface area contributed by atoms with Crippen LogP contribution in [0.3, 0.4) is 0 Å². The van der Waals surface area contributed by atoms with Crippen molar-refractivity contribution >= 4 is 5.97 Å². The quantitative estimate of drug-likeness (QED) is 0.859. The van der Waals surface area contributed by atoms with Gasteiger partial charge < -0.3 is 14.7 Å². The molecular formula is C18H24F3N3O3. The molecule has 4 rings (SSSR count). The molecule has 3 aliphatic rings. The Morgan fingerprint density at radius 3 is 2.52 bits per heavy atom. The summed E-state index contributed by atoms with van der Waals surface area (Å²) >= 11 is 0. The van der Waals surface area contributed by atoms with Crippen LogP contribution in [0.1, 0.15) is 42.1 Å². The minimum absolute atomic E-state index is 0.738. The summed E-state index contributed by atoms with van der Waals surface area (Å²) in [6.45, 7) is 5.41. The van der Waals surface area contributed by atoms with Crippen LogP contribution in [0, 0.1) is 5.92 Å². The summed E-state index contributed by atoms with van der Waals surface area (Å²) in [7, 11) is 0. The first-order valence-electron chi connectivity index (χ1n) is 9.27. The molecule has 1 atom stereocenters. The van der Waals surface area contributed by atoms with Crippen molar-refractivity contribution in [3.05, 3.63) is 23.3 Å². The van der Waals surface area contributed by atoms with E-state index in [0.717, 1.165) is 51.0 Å². The molecule has 150 valence electrons. The van der Waals surface area contributed by atoms with Crippen LogP contribution in [0.2, 0.25) is 0 Å². The van der Waals surface area contributed by atoms with Crippen molar-refractivity contribution in [1.82, 2.24) is 14.9 Å². The molecule has 1 N–H and O–H groups in total. The van der Waals surface area contributed by atoms with Crippen molar-refractivity contribution in [1.29, 1.82) is 0 Å². The first kappa shape index (κ1) is 20.0. The lowest BCUT2D eigenvalue weighted by atomic mass is 10.0. The molecule has 6 nitrogen and oxygen atoms in total. The topological polar surface area (TPSA) is 75.5 Å². The molecule has 0 bridgehead atoms. The maximum atomic E-state index is 10.6. The highest BCUT2D eigenvalue weighted by molar-refractivity contribution is 5.73. The van der Waals surface area contributed by atoms with Crippen molar-refractivity contribution < 1.29 is 27.8 Å². The second-order valence-corrected chi connectivity index (χ2v) is 7.29. The molecule has 0 aromatic carbocycles. The van der Waals surface area contributed by atoms with Crippen molar-refractivity contribution in [3.8, 4) is 0 Å². The van der Waals surface area contributed by atoms with Gasteiger partial charge >= 0.3 is 12.1 Å². The van der Waals surface area contributed by atoms with Gasteiger partial charge in [0, 0.05) is 44.3 Å². The van der Waals surface area contributed by atoms with Gasteiger partial charge in [-0.3, -0.25) is 0 Å². The number of carboxylic acids is 1. The van der Waals surface area contributed by atoms with Crippen molar-refractivity contribution in [2.75, 3.05) is 32.8 Å². The van der Waals surface area contributed by atoms with E-state index in [2.05, 4.69) is 14.9 Å². The van der Waals surface area contributed by atoms with Crippen LogP contribution in [0.4, 0.5) is 13.2 Å². The van der Waals surface area contributed by atoms with Gasteiger partial charge in [-0.2, -0.15) is 13.2 Å². The lowest BCUT2D eigenvalue weighted by molar-refractivity contribution is -0.192. The van der Waals surface area contributed by atoms with Crippen molar-refractivity contribution in [2.24, 2.45) is 5.92 Å². The third-order valence-corrected chi connectivity index (χ3v) is 5.16. The average molecular weight is 387 g/mol. The zero-order valence-electron chi connectivity index (χ0n) is 15.0. The molecule has 1 saturated carbocycles. The van der Waals surface area contributed by atoms with E-state index < -0.39 is 12.1 Å². The van der Waals surface area contributed by atoms with Crippen LogP contribution in [-0.2, 0) is 22.4 Å². The fraction of sp³-hybridized carbons (Fsp3) is 0.722. The smallest absolute Gasteiger partial charge is 0.475 e. The van der Waals surface area contributed by atoms with Crippen molar-refractivity contribution in [3.63, 3.8) is 0 Å². The van der Waals surface area contributed by atoms with Gasteiger partial charge in [-0.25, -0.2) is 14.8 Å². The van der Waals surface area contributed by atoms with Gasteiger partial charge in [0.05, 0.1) is 12.3 Å². The van der Waals surface area contributed by atoms with Gasteiger partial charge in [0.1, 0.15) is 6.33 Å². The van der Waals surface area contributed by atoms with Crippen LogP contribution in [0.25, 0.3) is 0 Å². The standard InChI is InChI=1S/C16H23N3O.C2HF3O2/c1-2-13(1)16-14-3-6-19(9-12-5-8-20-10-12)7-4-15(14)17-11-18-16;3-2(4,5)1(6)7/h11-13H,1-10H2;(H,6,7). The number of nitrogens with zero attached hydrogens (tertiary/aromatic N) is 3. The van der Waals surface area contributed by atoms with Crippen LogP contribution >= 0.6 is 0 Å². The molecule has 0 radical (unpaired) electrons. The summed E-state index contributed by atoms with van der Waals surface area (Å²) in [6, 6.07) is 0. The number of carboxylic acid groups (broad SMARTS) is 1. The van der Waals surface area contributed by atoms with E-state index in [0.29, 0.717) is 0 Å². The summed E-state index contributed by atoms with van der Waals surface area (Å²) in [5, 5.41) is 7.12. The number of alkyl halides is 3. The number of aromatic nitrogens is 2. The number of aliphatic carboxylic acids is 1. The average Bonchev–Trinajstić information content (AvgIpc) is 3.37. The fourth-order valence-corrected chi connectivity index (χ4v) is 3.58. The fourth-order valence-electron chi connectivity index (χ4n) is 3.58.